The molecule has 0 atom stereocenters. The van der Waals surface area contributed by atoms with E-state index in [4.69, 9.17) is 9.47 Å². The van der Waals surface area contributed by atoms with Crippen LogP contribution in [0.25, 0.3) is 0 Å². The number of hydrogen-bond acceptors (Lipinski definition) is 5. The Morgan fingerprint density at radius 2 is 1.93 bits per heavy atom. The zero-order valence-corrected chi connectivity index (χ0v) is 18.1. The molecule has 1 aromatic rings. The van der Waals surface area contributed by atoms with E-state index in [1.807, 2.05) is 38.1 Å². The van der Waals surface area contributed by atoms with Crippen LogP contribution in [0.5, 0.6) is 11.5 Å². The Bertz CT molecular complexity index is 657. The number of amides is 1. The van der Waals surface area contributed by atoms with Crippen LogP contribution >= 0.6 is 0 Å². The maximum Gasteiger partial charge on any atom is 0.234 e. The number of nitrogens with zero attached hydrogens (tertiary/aromatic N) is 3. The molecule has 0 unspecified atom stereocenters. The minimum atomic E-state index is 0.0898. The Labute approximate surface area is 174 Å². The Morgan fingerprint density at radius 3 is 2.59 bits per heavy atom. The first kappa shape index (κ1) is 22.8. The lowest BCUT2D eigenvalue weighted by atomic mass is 10.3. The molecule has 0 radical (unpaired) electrons. The molecule has 0 saturated carbocycles. The van der Waals surface area contributed by atoms with Gasteiger partial charge < -0.3 is 25.0 Å². The summed E-state index contributed by atoms with van der Waals surface area (Å²) in [4.78, 5) is 20.7. The molecule has 2 rings (SSSR count). The van der Waals surface area contributed by atoms with Crippen LogP contribution in [0.1, 0.15) is 20.3 Å². The van der Waals surface area contributed by atoms with Crippen molar-refractivity contribution >= 4 is 11.9 Å². The zero-order chi connectivity index (χ0) is 21.1. The lowest BCUT2D eigenvalue weighted by Gasteiger charge is -2.36. The number of methoxy groups -OCH3 is 1. The average Bonchev–Trinajstić information content (AvgIpc) is 2.71. The Kier molecular flexibility index (Phi) is 9.56. The summed E-state index contributed by atoms with van der Waals surface area (Å²) in [6.45, 7) is 9.24. The molecule has 2 N–H and O–H groups in total. The van der Waals surface area contributed by atoms with Crippen molar-refractivity contribution in [3.8, 4) is 11.5 Å². The molecule has 1 heterocycles. The summed E-state index contributed by atoms with van der Waals surface area (Å²) < 4.78 is 11.0. The topological polar surface area (TPSA) is 78.4 Å². The largest absolute Gasteiger partial charge is 0.497 e. The van der Waals surface area contributed by atoms with Crippen molar-refractivity contribution in [2.45, 2.75) is 26.3 Å². The van der Waals surface area contributed by atoms with Gasteiger partial charge in [-0.25, -0.2) is 0 Å². The third-order valence-electron chi connectivity index (χ3n) is 4.61. The highest BCUT2D eigenvalue weighted by Crippen LogP contribution is 2.18. The molecule has 0 bridgehead atoms. The number of nitrogens with one attached hydrogen (secondary N) is 2. The maximum absolute atomic E-state index is 11.9. The van der Waals surface area contributed by atoms with Crippen LogP contribution < -0.4 is 20.1 Å². The summed E-state index contributed by atoms with van der Waals surface area (Å²) in [5.41, 5.74) is 0. The number of guanidine groups is 1. The van der Waals surface area contributed by atoms with E-state index in [1.165, 1.54) is 0 Å². The van der Waals surface area contributed by atoms with Gasteiger partial charge >= 0.3 is 0 Å². The number of ether oxygens (including phenoxy) is 2. The second-order valence-corrected chi connectivity index (χ2v) is 7.34. The van der Waals surface area contributed by atoms with E-state index in [2.05, 4.69) is 25.4 Å². The number of benzene rings is 1. The Morgan fingerprint density at radius 1 is 1.21 bits per heavy atom. The molecule has 0 aliphatic carbocycles. The fourth-order valence-electron chi connectivity index (χ4n) is 3.17. The van der Waals surface area contributed by atoms with Gasteiger partial charge in [0.05, 0.1) is 20.3 Å². The first-order chi connectivity index (χ1) is 14.0. The van der Waals surface area contributed by atoms with E-state index >= 15 is 0 Å². The van der Waals surface area contributed by atoms with Crippen LogP contribution in [0, 0.1) is 0 Å². The molecule has 8 heteroatoms. The number of piperazine rings is 1. The molecule has 8 nitrogen and oxygen atoms in total. The van der Waals surface area contributed by atoms with Crippen LogP contribution in [0.2, 0.25) is 0 Å². The van der Waals surface area contributed by atoms with Crippen molar-refractivity contribution in [2.24, 2.45) is 4.99 Å². The van der Waals surface area contributed by atoms with Gasteiger partial charge in [-0.2, -0.15) is 0 Å². The minimum Gasteiger partial charge on any atom is -0.497 e. The number of rotatable bonds is 9. The molecule has 1 aliphatic rings. The summed E-state index contributed by atoms with van der Waals surface area (Å²) in [5.74, 6) is 2.60. The third-order valence-corrected chi connectivity index (χ3v) is 4.61. The molecule has 1 amide bonds. The van der Waals surface area contributed by atoms with Crippen LogP contribution in [-0.2, 0) is 4.79 Å². The first-order valence-electron chi connectivity index (χ1n) is 10.3. The Balaban J connectivity index is 1.64. The standard InChI is InChI=1S/C21H35N5O3/c1-17(2)24-20(27)16-25-10-12-26(13-11-25)21(22-3)23-9-6-14-29-19-8-5-7-18(15-19)28-4/h5,7-8,15,17H,6,9-14,16H2,1-4H3,(H,22,23)(H,24,27). The van der Waals surface area contributed by atoms with Gasteiger partial charge in [0.1, 0.15) is 11.5 Å². The van der Waals surface area contributed by atoms with E-state index in [0.29, 0.717) is 13.2 Å². The van der Waals surface area contributed by atoms with Crippen LogP contribution in [-0.4, -0.2) is 87.7 Å². The van der Waals surface area contributed by atoms with Gasteiger partial charge in [0.2, 0.25) is 5.91 Å². The summed E-state index contributed by atoms with van der Waals surface area (Å²) >= 11 is 0. The second-order valence-electron chi connectivity index (χ2n) is 7.34. The highest BCUT2D eigenvalue weighted by molar-refractivity contribution is 5.80. The molecule has 162 valence electrons. The number of hydrogen-bond donors (Lipinski definition) is 2. The van der Waals surface area contributed by atoms with Gasteiger partial charge in [-0.1, -0.05) is 6.07 Å². The number of carbonyl (C=O) groups excluding carboxylic acids is 1. The lowest BCUT2D eigenvalue weighted by molar-refractivity contribution is -0.123. The highest BCUT2D eigenvalue weighted by Gasteiger charge is 2.21. The van der Waals surface area contributed by atoms with Crippen LogP contribution in [0.15, 0.2) is 29.3 Å². The van der Waals surface area contributed by atoms with Crippen molar-refractivity contribution in [1.82, 2.24) is 20.4 Å². The van der Waals surface area contributed by atoms with E-state index in [0.717, 1.165) is 56.6 Å². The van der Waals surface area contributed by atoms with Crippen molar-refractivity contribution in [3.63, 3.8) is 0 Å². The van der Waals surface area contributed by atoms with E-state index in [9.17, 15) is 4.79 Å². The van der Waals surface area contributed by atoms with Crippen molar-refractivity contribution in [1.29, 1.82) is 0 Å². The Hall–Kier alpha value is -2.48. The van der Waals surface area contributed by atoms with Gasteiger partial charge in [0.25, 0.3) is 0 Å². The van der Waals surface area contributed by atoms with Gasteiger partial charge in [-0.3, -0.25) is 14.7 Å². The summed E-state index contributed by atoms with van der Waals surface area (Å²) in [6, 6.07) is 7.80. The van der Waals surface area contributed by atoms with Crippen molar-refractivity contribution < 1.29 is 14.3 Å². The fraction of sp³-hybridized carbons (Fsp3) is 0.619. The molecular weight excluding hydrogens is 370 g/mol. The van der Waals surface area contributed by atoms with E-state index < -0.39 is 0 Å². The fourth-order valence-corrected chi connectivity index (χ4v) is 3.17. The van der Waals surface area contributed by atoms with Gasteiger partial charge in [0.15, 0.2) is 5.96 Å². The van der Waals surface area contributed by atoms with Gasteiger partial charge in [-0.05, 0) is 32.4 Å². The van der Waals surface area contributed by atoms with E-state index in [1.54, 1.807) is 14.2 Å². The normalized spacial score (nSPS) is 15.3. The second kappa shape index (κ2) is 12.2. The summed E-state index contributed by atoms with van der Waals surface area (Å²) in [6.07, 6.45) is 0.867. The molecular formula is C21H35N5O3. The SMILES string of the molecule is CN=C(NCCCOc1cccc(OC)c1)N1CCN(CC(=O)NC(C)C)CC1. The van der Waals surface area contributed by atoms with Crippen LogP contribution in [0.3, 0.4) is 0 Å². The maximum atomic E-state index is 11.9. The lowest BCUT2D eigenvalue weighted by Crippen LogP contribution is -2.54. The van der Waals surface area contributed by atoms with E-state index in [-0.39, 0.29) is 11.9 Å². The molecule has 0 spiro atoms. The quantitative estimate of drug-likeness (QED) is 0.365. The minimum absolute atomic E-state index is 0.0898. The predicted molar refractivity (Wildman–Crippen MR) is 116 cm³/mol. The highest BCUT2D eigenvalue weighted by atomic mass is 16.5. The molecule has 0 aromatic heterocycles. The number of carbonyl (C=O) groups is 1. The smallest absolute Gasteiger partial charge is 0.234 e. The summed E-state index contributed by atoms with van der Waals surface area (Å²) in [5, 5.41) is 6.35. The predicted octanol–water partition coefficient (Wildman–Crippen LogP) is 1.18. The van der Waals surface area contributed by atoms with Crippen molar-refractivity contribution in [3.05, 3.63) is 24.3 Å². The summed E-state index contributed by atoms with van der Waals surface area (Å²) in [7, 11) is 3.45. The van der Waals surface area contributed by atoms with Gasteiger partial charge in [0, 0.05) is 51.9 Å². The molecule has 1 aliphatic heterocycles. The third kappa shape index (κ3) is 8.19. The first-order valence-corrected chi connectivity index (χ1v) is 10.3. The van der Waals surface area contributed by atoms with Gasteiger partial charge in [-0.15, -0.1) is 0 Å². The molecule has 1 saturated heterocycles. The van der Waals surface area contributed by atoms with Crippen LogP contribution in [0.4, 0.5) is 0 Å². The molecule has 1 aromatic carbocycles. The zero-order valence-electron chi connectivity index (χ0n) is 18.1. The number of aliphatic imine (C=N–C) groups is 1. The van der Waals surface area contributed by atoms with Crippen molar-refractivity contribution in [2.75, 3.05) is 60.0 Å². The monoisotopic (exact) mass is 405 g/mol. The molecule has 1 fully saturated rings. The average molecular weight is 406 g/mol. The molecule has 29 heavy (non-hydrogen) atoms.